The lowest BCUT2D eigenvalue weighted by molar-refractivity contribution is 0.487. The van der Waals surface area contributed by atoms with E-state index in [9.17, 15) is 0 Å². The van der Waals surface area contributed by atoms with Gasteiger partial charge in [0.2, 0.25) is 0 Å². The van der Waals surface area contributed by atoms with Crippen molar-refractivity contribution in [3.63, 3.8) is 0 Å². The van der Waals surface area contributed by atoms with E-state index < -0.39 is 0 Å². The standard InChI is InChI=1S/2C10H16/c2*1-7-4-5-8-9(6-7)10(8,2)3/h2*4-5,7-9H,6H2,1-3H3. The van der Waals surface area contributed by atoms with E-state index in [1.165, 1.54) is 12.8 Å². The van der Waals surface area contributed by atoms with Crippen molar-refractivity contribution in [1.82, 2.24) is 0 Å². The maximum absolute atomic E-state index is 2.43. The molecule has 20 heavy (non-hydrogen) atoms. The summed E-state index contributed by atoms with van der Waals surface area (Å²) in [5, 5.41) is 0. The van der Waals surface area contributed by atoms with E-state index in [1.54, 1.807) is 0 Å². The Morgan fingerprint density at radius 3 is 1.25 bits per heavy atom. The van der Waals surface area contributed by atoms with Gasteiger partial charge in [-0.15, -0.1) is 0 Å². The van der Waals surface area contributed by atoms with Gasteiger partial charge in [0, 0.05) is 0 Å². The fraction of sp³-hybridized carbons (Fsp3) is 0.800. The molecule has 0 amide bonds. The van der Waals surface area contributed by atoms with Crippen molar-refractivity contribution in [3.8, 4) is 0 Å². The summed E-state index contributed by atoms with van der Waals surface area (Å²) in [7, 11) is 0. The molecule has 0 aliphatic heterocycles. The van der Waals surface area contributed by atoms with Crippen LogP contribution >= 0.6 is 0 Å². The van der Waals surface area contributed by atoms with Crippen molar-refractivity contribution >= 4 is 0 Å². The van der Waals surface area contributed by atoms with Crippen LogP contribution in [0.5, 0.6) is 0 Å². The molecule has 4 rings (SSSR count). The average molecular weight is 272 g/mol. The molecule has 0 saturated heterocycles. The number of allylic oxidation sites excluding steroid dienone is 4. The predicted octanol–water partition coefficient (Wildman–Crippen LogP) is 5.71. The van der Waals surface area contributed by atoms with Crippen molar-refractivity contribution in [3.05, 3.63) is 24.3 Å². The third-order valence-electron chi connectivity index (χ3n) is 6.82. The van der Waals surface area contributed by atoms with E-state index in [2.05, 4.69) is 65.8 Å². The smallest absolute Gasteiger partial charge is 0.0145 e. The summed E-state index contributed by atoms with van der Waals surface area (Å²) in [6, 6.07) is 0. The molecule has 0 aromatic rings. The van der Waals surface area contributed by atoms with Crippen molar-refractivity contribution in [2.45, 2.75) is 54.4 Å². The molecule has 0 nitrogen and oxygen atoms in total. The van der Waals surface area contributed by atoms with Crippen molar-refractivity contribution in [2.75, 3.05) is 0 Å². The molecular formula is C20H32. The lowest BCUT2D eigenvalue weighted by Gasteiger charge is -2.08. The first kappa shape index (κ1) is 14.4. The van der Waals surface area contributed by atoms with Crippen LogP contribution in [0.2, 0.25) is 0 Å². The first-order valence-corrected chi connectivity index (χ1v) is 8.61. The fourth-order valence-corrected chi connectivity index (χ4v) is 4.81. The summed E-state index contributed by atoms with van der Waals surface area (Å²) >= 11 is 0. The molecule has 2 fully saturated rings. The zero-order valence-electron chi connectivity index (χ0n) is 14.2. The van der Waals surface area contributed by atoms with E-state index in [4.69, 9.17) is 0 Å². The zero-order valence-corrected chi connectivity index (χ0v) is 14.2. The maximum Gasteiger partial charge on any atom is -0.0145 e. The quantitative estimate of drug-likeness (QED) is 0.495. The van der Waals surface area contributed by atoms with Crippen LogP contribution < -0.4 is 0 Å². The van der Waals surface area contributed by atoms with Crippen LogP contribution in [0, 0.1) is 46.3 Å². The minimum atomic E-state index is 0.640. The van der Waals surface area contributed by atoms with Gasteiger partial charge in [-0.3, -0.25) is 0 Å². The molecule has 6 atom stereocenters. The Labute approximate surface area is 125 Å². The van der Waals surface area contributed by atoms with Gasteiger partial charge in [-0.1, -0.05) is 65.8 Å². The first-order valence-electron chi connectivity index (χ1n) is 8.61. The van der Waals surface area contributed by atoms with Gasteiger partial charge < -0.3 is 0 Å². The summed E-state index contributed by atoms with van der Waals surface area (Å²) < 4.78 is 0. The second-order valence-corrected chi connectivity index (χ2v) is 9.10. The Balaban J connectivity index is 0.000000121. The maximum atomic E-state index is 2.43. The molecule has 2 saturated carbocycles. The summed E-state index contributed by atoms with van der Waals surface area (Å²) in [5.41, 5.74) is 1.28. The highest BCUT2D eigenvalue weighted by atomic mass is 14.6. The zero-order chi connectivity index (χ0) is 14.7. The number of hydrogen-bond acceptors (Lipinski definition) is 0. The Kier molecular flexibility index (Phi) is 3.23. The molecule has 4 aliphatic rings. The van der Waals surface area contributed by atoms with E-state index in [0.29, 0.717) is 10.8 Å². The highest BCUT2D eigenvalue weighted by Gasteiger charge is 2.57. The normalized spacial score (nSPS) is 48.5. The van der Waals surface area contributed by atoms with Gasteiger partial charge in [-0.25, -0.2) is 0 Å². The molecule has 0 aromatic heterocycles. The third-order valence-corrected chi connectivity index (χ3v) is 6.82. The lowest BCUT2D eigenvalue weighted by atomic mass is 9.97. The summed E-state index contributed by atoms with van der Waals surface area (Å²) in [6.45, 7) is 14.2. The average Bonchev–Trinajstić information content (AvgIpc) is 3.12. The SMILES string of the molecule is CC1C=CC2C(C1)C2(C)C.CC1C=CC2C(C1)C2(C)C. The molecule has 112 valence electrons. The van der Waals surface area contributed by atoms with E-state index in [-0.39, 0.29) is 0 Å². The Hall–Kier alpha value is -0.520. The van der Waals surface area contributed by atoms with Crippen LogP contribution in [0.1, 0.15) is 54.4 Å². The van der Waals surface area contributed by atoms with Crippen LogP contribution in [-0.2, 0) is 0 Å². The van der Waals surface area contributed by atoms with Gasteiger partial charge >= 0.3 is 0 Å². The Morgan fingerprint density at radius 1 is 0.650 bits per heavy atom. The fourth-order valence-electron chi connectivity index (χ4n) is 4.81. The van der Waals surface area contributed by atoms with Crippen LogP contribution in [-0.4, -0.2) is 0 Å². The number of fused-ring (bicyclic) bond motifs is 2. The van der Waals surface area contributed by atoms with Crippen LogP contribution in [0.15, 0.2) is 24.3 Å². The minimum absolute atomic E-state index is 0.640. The molecule has 6 unspecified atom stereocenters. The Morgan fingerprint density at radius 2 is 1.00 bits per heavy atom. The van der Waals surface area contributed by atoms with E-state index >= 15 is 0 Å². The number of hydrogen-bond donors (Lipinski definition) is 0. The largest absolute Gasteiger partial charge is 0.0854 e. The van der Waals surface area contributed by atoms with Crippen LogP contribution in [0.4, 0.5) is 0 Å². The second-order valence-electron chi connectivity index (χ2n) is 9.10. The van der Waals surface area contributed by atoms with Gasteiger partial charge in [-0.05, 0) is 59.2 Å². The third kappa shape index (κ3) is 2.30. The molecular weight excluding hydrogens is 240 g/mol. The van der Waals surface area contributed by atoms with Gasteiger partial charge in [0.05, 0.1) is 0 Å². The molecule has 0 aromatic carbocycles. The van der Waals surface area contributed by atoms with Gasteiger partial charge in [0.15, 0.2) is 0 Å². The topological polar surface area (TPSA) is 0 Å². The highest BCUT2D eigenvalue weighted by molar-refractivity contribution is 5.19. The molecule has 0 bridgehead atoms. The second kappa shape index (κ2) is 4.49. The van der Waals surface area contributed by atoms with Gasteiger partial charge in [0.25, 0.3) is 0 Å². The van der Waals surface area contributed by atoms with Crippen molar-refractivity contribution < 1.29 is 0 Å². The lowest BCUT2D eigenvalue weighted by Crippen LogP contribution is -1.97. The molecule has 0 radical (unpaired) electrons. The van der Waals surface area contributed by atoms with Crippen molar-refractivity contribution in [1.29, 1.82) is 0 Å². The minimum Gasteiger partial charge on any atom is -0.0854 e. The number of rotatable bonds is 0. The molecule has 0 spiro atoms. The van der Waals surface area contributed by atoms with Gasteiger partial charge in [0.1, 0.15) is 0 Å². The molecule has 0 N–H and O–H groups in total. The highest BCUT2D eigenvalue weighted by Crippen LogP contribution is 2.64. The first-order chi connectivity index (χ1) is 9.24. The predicted molar refractivity (Wildman–Crippen MR) is 87.4 cm³/mol. The van der Waals surface area contributed by atoms with Gasteiger partial charge in [-0.2, -0.15) is 0 Å². The summed E-state index contributed by atoms with van der Waals surface area (Å²) in [6.07, 6.45) is 12.5. The van der Waals surface area contributed by atoms with E-state index in [1.807, 2.05) is 0 Å². The van der Waals surface area contributed by atoms with Crippen LogP contribution in [0.3, 0.4) is 0 Å². The molecule has 0 heterocycles. The Bertz CT molecular complexity index is 395. The molecule has 4 aliphatic carbocycles. The molecule has 0 heteroatoms. The monoisotopic (exact) mass is 272 g/mol. The van der Waals surface area contributed by atoms with E-state index in [0.717, 1.165) is 35.5 Å². The van der Waals surface area contributed by atoms with Crippen LogP contribution in [0.25, 0.3) is 0 Å². The summed E-state index contributed by atoms with van der Waals surface area (Å²) in [5.74, 6) is 5.53. The summed E-state index contributed by atoms with van der Waals surface area (Å²) in [4.78, 5) is 0. The van der Waals surface area contributed by atoms with Crippen molar-refractivity contribution in [2.24, 2.45) is 46.3 Å².